The molecular weight excluding hydrogens is 360 g/mol. The highest BCUT2D eigenvalue weighted by atomic mass is 16.1. The second-order valence-electron chi connectivity index (χ2n) is 7.09. The van der Waals surface area contributed by atoms with Crippen molar-refractivity contribution in [2.45, 2.75) is 39.5 Å². The Kier molecular flexibility index (Phi) is 4.17. The molecule has 0 radical (unpaired) electrons. The van der Waals surface area contributed by atoms with Crippen LogP contribution in [0.1, 0.15) is 50.9 Å². The summed E-state index contributed by atoms with van der Waals surface area (Å²) in [5.41, 5.74) is 0.953. The molecule has 1 N–H and O–H groups in total. The summed E-state index contributed by atoms with van der Waals surface area (Å²) >= 11 is 0. The molecule has 0 amide bonds. The van der Waals surface area contributed by atoms with Crippen LogP contribution in [-0.2, 0) is 0 Å². The summed E-state index contributed by atoms with van der Waals surface area (Å²) in [5, 5.41) is 19.7. The molecule has 10 heteroatoms. The van der Waals surface area contributed by atoms with Crippen molar-refractivity contribution in [2.24, 2.45) is 0 Å². The second-order valence-corrected chi connectivity index (χ2v) is 7.09. The Morgan fingerprint density at radius 3 is 2.25 bits per heavy atom. The van der Waals surface area contributed by atoms with Crippen molar-refractivity contribution in [3.63, 3.8) is 0 Å². The molecule has 0 aliphatic carbocycles. The van der Waals surface area contributed by atoms with E-state index in [2.05, 4.69) is 35.5 Å². The molecule has 0 aliphatic heterocycles. The number of hydrogen-bond acceptors (Lipinski definition) is 8. The van der Waals surface area contributed by atoms with Crippen molar-refractivity contribution in [1.82, 2.24) is 40.1 Å². The Labute approximate surface area is 158 Å². The van der Waals surface area contributed by atoms with Gasteiger partial charge in [0.1, 0.15) is 5.52 Å². The molecule has 4 aromatic heterocycles. The number of aromatic nitrogens is 8. The van der Waals surface area contributed by atoms with Crippen LogP contribution in [0.25, 0.3) is 27.6 Å². The second kappa shape index (κ2) is 6.55. The SMILES string of the molecule is CC(C)c1nn(-c2cnc3c(C(C)C)n[nH]c(=O)c3n2)c(=O)c2cnncc12. The Balaban J connectivity index is 2.05. The van der Waals surface area contributed by atoms with Crippen molar-refractivity contribution in [3.05, 3.63) is 50.7 Å². The predicted molar refractivity (Wildman–Crippen MR) is 103 cm³/mol. The first-order chi connectivity index (χ1) is 13.4. The highest BCUT2D eigenvalue weighted by Gasteiger charge is 2.18. The zero-order chi connectivity index (χ0) is 20.0. The van der Waals surface area contributed by atoms with Crippen molar-refractivity contribution < 1.29 is 0 Å². The zero-order valence-corrected chi connectivity index (χ0v) is 15.8. The Bertz CT molecular complexity index is 1320. The van der Waals surface area contributed by atoms with E-state index in [1.54, 1.807) is 0 Å². The number of rotatable bonds is 3. The summed E-state index contributed by atoms with van der Waals surface area (Å²) in [4.78, 5) is 34.0. The number of nitrogens with zero attached hydrogens (tertiary/aromatic N) is 7. The van der Waals surface area contributed by atoms with Gasteiger partial charge in [-0.15, -0.1) is 0 Å². The molecule has 4 aromatic rings. The normalized spacial score (nSPS) is 11.8. The molecule has 0 saturated heterocycles. The minimum absolute atomic E-state index is 0.0344. The van der Waals surface area contributed by atoms with Gasteiger partial charge in [-0.3, -0.25) is 9.59 Å². The number of fused-ring (bicyclic) bond motifs is 2. The molecule has 0 spiro atoms. The highest BCUT2D eigenvalue weighted by molar-refractivity contribution is 5.82. The molecule has 142 valence electrons. The van der Waals surface area contributed by atoms with E-state index in [1.807, 2.05) is 27.7 Å². The molecule has 0 fully saturated rings. The molecule has 0 aliphatic rings. The van der Waals surface area contributed by atoms with Crippen LogP contribution in [0.2, 0.25) is 0 Å². The van der Waals surface area contributed by atoms with Gasteiger partial charge in [-0.1, -0.05) is 27.7 Å². The van der Waals surface area contributed by atoms with E-state index in [9.17, 15) is 9.59 Å². The lowest BCUT2D eigenvalue weighted by Crippen LogP contribution is -2.25. The third-order valence-electron chi connectivity index (χ3n) is 4.44. The molecule has 4 rings (SSSR count). The van der Waals surface area contributed by atoms with Gasteiger partial charge in [0, 0.05) is 5.39 Å². The van der Waals surface area contributed by atoms with Crippen LogP contribution in [-0.4, -0.2) is 40.1 Å². The van der Waals surface area contributed by atoms with Crippen LogP contribution in [0, 0.1) is 0 Å². The number of nitrogens with one attached hydrogen (secondary N) is 1. The average Bonchev–Trinajstić information content (AvgIpc) is 2.68. The van der Waals surface area contributed by atoms with Crippen LogP contribution < -0.4 is 11.1 Å². The first-order valence-electron chi connectivity index (χ1n) is 8.87. The lowest BCUT2D eigenvalue weighted by Gasteiger charge is -2.12. The maximum absolute atomic E-state index is 13.0. The van der Waals surface area contributed by atoms with E-state index in [1.165, 1.54) is 18.6 Å². The molecular formula is C18H18N8O2. The Morgan fingerprint density at radius 2 is 1.57 bits per heavy atom. The topological polar surface area (TPSA) is 132 Å². The lowest BCUT2D eigenvalue weighted by molar-refractivity contribution is 0.713. The Morgan fingerprint density at radius 1 is 0.893 bits per heavy atom. The summed E-state index contributed by atoms with van der Waals surface area (Å²) in [7, 11) is 0. The van der Waals surface area contributed by atoms with Crippen molar-refractivity contribution in [1.29, 1.82) is 0 Å². The lowest BCUT2D eigenvalue weighted by atomic mass is 10.1. The van der Waals surface area contributed by atoms with Gasteiger partial charge in [0.15, 0.2) is 11.3 Å². The summed E-state index contributed by atoms with van der Waals surface area (Å²) in [6.45, 7) is 7.82. The van der Waals surface area contributed by atoms with Crippen LogP contribution in [0.4, 0.5) is 0 Å². The van der Waals surface area contributed by atoms with E-state index in [0.717, 1.165) is 4.68 Å². The minimum Gasteiger partial charge on any atom is -0.267 e. The fourth-order valence-corrected chi connectivity index (χ4v) is 3.05. The maximum atomic E-state index is 13.0. The molecule has 0 aromatic carbocycles. The molecule has 28 heavy (non-hydrogen) atoms. The summed E-state index contributed by atoms with van der Waals surface area (Å²) < 4.78 is 1.15. The maximum Gasteiger partial charge on any atom is 0.292 e. The molecule has 0 saturated carbocycles. The number of H-pyrrole nitrogens is 1. The number of aromatic amines is 1. The van der Waals surface area contributed by atoms with Gasteiger partial charge in [-0.05, 0) is 11.8 Å². The zero-order valence-electron chi connectivity index (χ0n) is 15.8. The third-order valence-corrected chi connectivity index (χ3v) is 4.44. The minimum atomic E-state index is -0.475. The first-order valence-corrected chi connectivity index (χ1v) is 8.87. The average molecular weight is 378 g/mol. The fourth-order valence-electron chi connectivity index (χ4n) is 3.05. The molecule has 10 nitrogen and oxygen atoms in total. The van der Waals surface area contributed by atoms with Crippen LogP contribution >= 0.6 is 0 Å². The Hall–Kier alpha value is -3.56. The van der Waals surface area contributed by atoms with E-state index in [4.69, 9.17) is 0 Å². The van der Waals surface area contributed by atoms with Crippen molar-refractivity contribution in [2.75, 3.05) is 0 Å². The largest absolute Gasteiger partial charge is 0.292 e. The highest BCUT2D eigenvalue weighted by Crippen LogP contribution is 2.21. The third kappa shape index (κ3) is 2.73. The summed E-state index contributed by atoms with van der Waals surface area (Å²) in [6.07, 6.45) is 4.36. The van der Waals surface area contributed by atoms with Crippen molar-refractivity contribution in [3.8, 4) is 5.82 Å². The fraction of sp³-hybridized carbons (Fsp3) is 0.333. The van der Waals surface area contributed by atoms with Crippen molar-refractivity contribution >= 4 is 21.8 Å². The first kappa shape index (κ1) is 17.8. The molecule has 0 bridgehead atoms. The van der Waals surface area contributed by atoms with Gasteiger partial charge >= 0.3 is 0 Å². The van der Waals surface area contributed by atoms with Gasteiger partial charge in [0.2, 0.25) is 0 Å². The molecule has 0 atom stereocenters. The van der Waals surface area contributed by atoms with Gasteiger partial charge in [-0.25, -0.2) is 15.1 Å². The standard InChI is InChI=1S/C18H18N8O2/c1-8(2)13-10-5-20-21-6-11(10)18(28)26(25-13)12-7-19-15-14(9(3)4)23-24-17(27)16(15)22-12/h5-9H,1-4H3,(H,24,27). The van der Waals surface area contributed by atoms with Crippen LogP contribution in [0.3, 0.4) is 0 Å². The van der Waals surface area contributed by atoms with Gasteiger partial charge in [0.05, 0.1) is 35.4 Å². The predicted octanol–water partition coefficient (Wildman–Crippen LogP) is 1.45. The molecule has 4 heterocycles. The van der Waals surface area contributed by atoms with Gasteiger partial charge < -0.3 is 0 Å². The summed E-state index contributed by atoms with van der Waals surface area (Å²) in [6, 6.07) is 0. The van der Waals surface area contributed by atoms with E-state index in [0.29, 0.717) is 27.7 Å². The van der Waals surface area contributed by atoms with E-state index >= 15 is 0 Å². The van der Waals surface area contributed by atoms with Gasteiger partial charge in [0.25, 0.3) is 11.1 Å². The molecule has 0 unspecified atom stereocenters. The monoisotopic (exact) mass is 378 g/mol. The van der Waals surface area contributed by atoms with Gasteiger partial charge in [-0.2, -0.15) is 25.1 Å². The van der Waals surface area contributed by atoms with Crippen LogP contribution in [0.5, 0.6) is 0 Å². The quantitative estimate of drug-likeness (QED) is 0.566. The number of hydrogen-bond donors (Lipinski definition) is 1. The van der Waals surface area contributed by atoms with Crippen LogP contribution in [0.15, 0.2) is 28.2 Å². The summed E-state index contributed by atoms with van der Waals surface area (Å²) in [5.74, 6) is 0.240. The smallest absolute Gasteiger partial charge is 0.267 e. The van der Waals surface area contributed by atoms with E-state index in [-0.39, 0.29) is 23.2 Å². The van der Waals surface area contributed by atoms with E-state index < -0.39 is 11.1 Å².